The fourth-order valence-corrected chi connectivity index (χ4v) is 4.22. The molecule has 3 nitrogen and oxygen atoms in total. The molecule has 1 atom stereocenters. The second-order valence-corrected chi connectivity index (χ2v) is 7.64. The first-order chi connectivity index (χ1) is 11.7. The van der Waals surface area contributed by atoms with Crippen LogP contribution in [0.4, 0.5) is 5.69 Å². The predicted molar refractivity (Wildman–Crippen MR) is 101 cm³/mol. The number of benzene rings is 1. The van der Waals surface area contributed by atoms with Crippen molar-refractivity contribution in [2.75, 3.05) is 5.73 Å². The Morgan fingerprint density at radius 1 is 1.25 bits per heavy atom. The molecule has 0 radical (unpaired) electrons. The van der Waals surface area contributed by atoms with Crippen molar-refractivity contribution in [1.29, 1.82) is 0 Å². The molecule has 0 spiro atoms. The van der Waals surface area contributed by atoms with Gasteiger partial charge in [0.05, 0.1) is 6.04 Å². The molecule has 1 aliphatic carbocycles. The van der Waals surface area contributed by atoms with E-state index in [1.807, 2.05) is 17.4 Å². The summed E-state index contributed by atoms with van der Waals surface area (Å²) in [5.41, 5.74) is 9.23. The maximum atomic E-state index is 12.2. The normalized spacial score (nSPS) is 16.6. The minimum Gasteiger partial charge on any atom is -0.399 e. The van der Waals surface area contributed by atoms with E-state index >= 15 is 0 Å². The number of nitrogens with one attached hydrogen (secondary N) is 1. The van der Waals surface area contributed by atoms with Crippen LogP contribution >= 0.6 is 11.3 Å². The molecule has 4 heteroatoms. The number of rotatable bonds is 7. The first kappa shape index (κ1) is 17.0. The van der Waals surface area contributed by atoms with Gasteiger partial charge in [-0.25, -0.2) is 0 Å². The van der Waals surface area contributed by atoms with Crippen LogP contribution in [0.3, 0.4) is 0 Å². The third-order valence-electron chi connectivity index (χ3n) is 4.72. The number of hydrogen-bond acceptors (Lipinski definition) is 3. The number of carbonyl (C=O) groups is 1. The molecular weight excluding hydrogens is 316 g/mol. The van der Waals surface area contributed by atoms with Crippen LogP contribution in [0.25, 0.3) is 0 Å². The summed E-state index contributed by atoms with van der Waals surface area (Å²) < 4.78 is 0. The van der Waals surface area contributed by atoms with E-state index in [4.69, 9.17) is 5.73 Å². The minimum absolute atomic E-state index is 0.160. The van der Waals surface area contributed by atoms with E-state index in [2.05, 4.69) is 35.0 Å². The van der Waals surface area contributed by atoms with E-state index in [9.17, 15) is 4.79 Å². The molecule has 2 aromatic rings. The van der Waals surface area contributed by atoms with Crippen molar-refractivity contribution < 1.29 is 4.79 Å². The van der Waals surface area contributed by atoms with Crippen LogP contribution < -0.4 is 11.1 Å². The number of unbranched alkanes of at least 4 members (excludes halogenated alkanes) is 2. The topological polar surface area (TPSA) is 55.1 Å². The number of hydrogen-bond donors (Lipinski definition) is 2. The quantitative estimate of drug-likeness (QED) is 0.569. The second-order valence-electron chi connectivity index (χ2n) is 6.61. The summed E-state index contributed by atoms with van der Waals surface area (Å²) in [4.78, 5) is 13.7. The van der Waals surface area contributed by atoms with Gasteiger partial charge in [-0.15, -0.1) is 11.3 Å². The molecule has 24 heavy (non-hydrogen) atoms. The summed E-state index contributed by atoms with van der Waals surface area (Å²) in [6.07, 6.45) is 8.22. The SMILES string of the molecule is Nc1ccc2c(c1)CCCC2NC(=O)CCCCCc1cccs1. The number of nitrogen functional groups attached to an aromatic ring is 1. The zero-order valence-electron chi connectivity index (χ0n) is 14.1. The van der Waals surface area contributed by atoms with Crippen molar-refractivity contribution in [2.24, 2.45) is 0 Å². The van der Waals surface area contributed by atoms with E-state index < -0.39 is 0 Å². The number of anilines is 1. The molecule has 0 bridgehead atoms. The Morgan fingerprint density at radius 3 is 3.00 bits per heavy atom. The molecule has 1 aliphatic rings. The van der Waals surface area contributed by atoms with Crippen LogP contribution in [0, 0.1) is 0 Å². The van der Waals surface area contributed by atoms with Gasteiger partial charge < -0.3 is 11.1 Å². The summed E-state index contributed by atoms with van der Waals surface area (Å²) in [6, 6.07) is 10.5. The number of amides is 1. The predicted octanol–water partition coefficient (Wildman–Crippen LogP) is 4.63. The Hall–Kier alpha value is -1.81. The van der Waals surface area contributed by atoms with E-state index in [0.29, 0.717) is 6.42 Å². The molecule has 1 aromatic carbocycles. The molecule has 3 rings (SSSR count). The molecule has 0 fully saturated rings. The highest BCUT2D eigenvalue weighted by Crippen LogP contribution is 2.31. The number of thiophene rings is 1. The Morgan fingerprint density at radius 2 is 2.17 bits per heavy atom. The van der Waals surface area contributed by atoms with Crippen molar-refractivity contribution in [3.05, 3.63) is 51.7 Å². The van der Waals surface area contributed by atoms with Crippen LogP contribution in [-0.4, -0.2) is 5.91 Å². The lowest BCUT2D eigenvalue weighted by atomic mass is 9.87. The zero-order valence-corrected chi connectivity index (χ0v) is 14.9. The summed E-state index contributed by atoms with van der Waals surface area (Å²) in [7, 11) is 0. The van der Waals surface area contributed by atoms with Gasteiger partial charge >= 0.3 is 0 Å². The van der Waals surface area contributed by atoms with Gasteiger partial charge in [0.25, 0.3) is 0 Å². The van der Waals surface area contributed by atoms with Crippen molar-refractivity contribution in [2.45, 2.75) is 57.4 Å². The van der Waals surface area contributed by atoms with Crippen LogP contribution in [0.15, 0.2) is 35.7 Å². The van der Waals surface area contributed by atoms with Gasteiger partial charge in [0.1, 0.15) is 0 Å². The highest BCUT2D eigenvalue weighted by atomic mass is 32.1. The van der Waals surface area contributed by atoms with Gasteiger partial charge in [-0.1, -0.05) is 18.6 Å². The molecular formula is C20H26N2OS. The maximum absolute atomic E-state index is 12.2. The van der Waals surface area contributed by atoms with Gasteiger partial charge in [-0.3, -0.25) is 4.79 Å². The monoisotopic (exact) mass is 342 g/mol. The fraction of sp³-hybridized carbons (Fsp3) is 0.450. The first-order valence-corrected chi connectivity index (χ1v) is 9.80. The van der Waals surface area contributed by atoms with Crippen LogP contribution in [-0.2, 0) is 17.6 Å². The lowest BCUT2D eigenvalue weighted by molar-refractivity contribution is -0.122. The highest BCUT2D eigenvalue weighted by Gasteiger charge is 2.21. The Labute approximate surface area is 148 Å². The highest BCUT2D eigenvalue weighted by molar-refractivity contribution is 7.09. The number of aryl methyl sites for hydroxylation is 2. The van der Waals surface area contributed by atoms with E-state index in [1.54, 1.807) is 0 Å². The van der Waals surface area contributed by atoms with E-state index in [-0.39, 0.29) is 11.9 Å². The Kier molecular flexibility index (Phi) is 5.91. The third-order valence-corrected chi connectivity index (χ3v) is 5.66. The molecule has 1 unspecified atom stereocenters. The fourth-order valence-electron chi connectivity index (χ4n) is 3.47. The lowest BCUT2D eigenvalue weighted by Gasteiger charge is -2.26. The molecule has 0 saturated carbocycles. The maximum Gasteiger partial charge on any atom is 0.220 e. The average Bonchev–Trinajstić information content (AvgIpc) is 3.08. The largest absolute Gasteiger partial charge is 0.399 e. The van der Waals surface area contributed by atoms with Crippen molar-refractivity contribution in [3.63, 3.8) is 0 Å². The van der Waals surface area contributed by atoms with Crippen LogP contribution in [0.2, 0.25) is 0 Å². The van der Waals surface area contributed by atoms with Gasteiger partial charge in [-0.05, 0) is 73.2 Å². The van der Waals surface area contributed by atoms with Gasteiger partial charge in [0.2, 0.25) is 5.91 Å². The van der Waals surface area contributed by atoms with Gasteiger partial charge in [-0.2, -0.15) is 0 Å². The van der Waals surface area contributed by atoms with Gasteiger partial charge in [0, 0.05) is 17.0 Å². The van der Waals surface area contributed by atoms with Gasteiger partial charge in [0.15, 0.2) is 0 Å². The third kappa shape index (κ3) is 4.60. The Balaban J connectivity index is 1.41. The van der Waals surface area contributed by atoms with Crippen LogP contribution in [0.5, 0.6) is 0 Å². The summed E-state index contributed by atoms with van der Waals surface area (Å²) in [6.45, 7) is 0. The van der Waals surface area contributed by atoms with Crippen molar-refractivity contribution in [3.8, 4) is 0 Å². The average molecular weight is 343 g/mol. The second kappa shape index (κ2) is 8.34. The number of fused-ring (bicyclic) bond motifs is 1. The van der Waals surface area contributed by atoms with Crippen molar-refractivity contribution >= 4 is 22.9 Å². The first-order valence-electron chi connectivity index (χ1n) is 8.92. The van der Waals surface area contributed by atoms with E-state index in [0.717, 1.165) is 44.2 Å². The molecule has 1 aromatic heterocycles. The van der Waals surface area contributed by atoms with Crippen LogP contribution in [0.1, 0.15) is 60.6 Å². The smallest absolute Gasteiger partial charge is 0.220 e. The Bertz CT molecular complexity index is 666. The van der Waals surface area contributed by atoms with E-state index in [1.165, 1.54) is 22.4 Å². The zero-order chi connectivity index (χ0) is 16.8. The summed E-state index contributed by atoms with van der Waals surface area (Å²) in [5, 5.41) is 5.34. The molecule has 0 saturated heterocycles. The molecule has 0 aliphatic heterocycles. The molecule has 3 N–H and O–H groups in total. The lowest BCUT2D eigenvalue weighted by Crippen LogP contribution is -2.30. The van der Waals surface area contributed by atoms with Crippen molar-refractivity contribution in [1.82, 2.24) is 5.32 Å². The molecule has 1 heterocycles. The standard InChI is InChI=1S/C20H26N2OS/c21-16-11-12-18-15(14-16)6-4-9-19(18)22-20(23)10-3-1-2-7-17-8-5-13-24-17/h5,8,11-14,19H,1-4,6-7,9-10,21H2,(H,22,23). The molecule has 128 valence electrons. The summed E-state index contributed by atoms with van der Waals surface area (Å²) >= 11 is 1.82. The number of nitrogens with two attached hydrogens (primary N) is 1. The minimum atomic E-state index is 0.160. The number of carbonyl (C=O) groups excluding carboxylic acids is 1. The summed E-state index contributed by atoms with van der Waals surface area (Å²) in [5.74, 6) is 0.181. The molecule has 1 amide bonds.